The summed E-state index contributed by atoms with van der Waals surface area (Å²) in [6.07, 6.45) is 1.67. The molecule has 0 bridgehead atoms. The highest BCUT2D eigenvalue weighted by atomic mass is 32.1. The lowest BCUT2D eigenvalue weighted by atomic mass is 10.4. The van der Waals surface area contributed by atoms with Crippen LogP contribution in [0.5, 0.6) is 5.88 Å². The average Bonchev–Trinajstić information content (AvgIpc) is 2.69. The van der Waals surface area contributed by atoms with Crippen molar-refractivity contribution in [3.05, 3.63) is 40.7 Å². The fraction of sp³-hybridized carbons (Fsp3) is 0.100. The summed E-state index contributed by atoms with van der Waals surface area (Å²) in [5.41, 5.74) is 6.25. The molecule has 2 aromatic heterocycles. The first-order valence-electron chi connectivity index (χ1n) is 4.22. The minimum absolute atomic E-state index is 0.501. The Morgan fingerprint density at radius 1 is 1.36 bits per heavy atom. The zero-order valence-electron chi connectivity index (χ0n) is 7.51. The van der Waals surface area contributed by atoms with Crippen LogP contribution in [0.1, 0.15) is 4.88 Å². The summed E-state index contributed by atoms with van der Waals surface area (Å²) in [4.78, 5) is 5.20. The Kier molecular flexibility index (Phi) is 2.65. The van der Waals surface area contributed by atoms with E-state index in [2.05, 4.69) is 4.98 Å². The number of anilines is 1. The van der Waals surface area contributed by atoms with Crippen molar-refractivity contribution >= 4 is 17.0 Å². The van der Waals surface area contributed by atoms with Crippen LogP contribution in [0.4, 0.5) is 5.69 Å². The molecule has 0 unspecified atom stereocenters. The highest BCUT2D eigenvalue weighted by Gasteiger charge is 2.00. The van der Waals surface area contributed by atoms with Gasteiger partial charge in [-0.25, -0.2) is 4.98 Å². The Labute approximate surface area is 86.2 Å². The first-order valence-corrected chi connectivity index (χ1v) is 5.10. The van der Waals surface area contributed by atoms with E-state index in [1.54, 1.807) is 29.7 Å². The second kappa shape index (κ2) is 4.11. The van der Waals surface area contributed by atoms with Gasteiger partial charge in [0.25, 0.3) is 0 Å². The van der Waals surface area contributed by atoms with Crippen LogP contribution in [-0.2, 0) is 6.61 Å². The number of thiophene rings is 1. The maximum Gasteiger partial charge on any atom is 0.237 e. The van der Waals surface area contributed by atoms with Gasteiger partial charge in [0.2, 0.25) is 5.88 Å². The third-order valence-electron chi connectivity index (χ3n) is 1.73. The molecular weight excluding hydrogens is 196 g/mol. The van der Waals surface area contributed by atoms with E-state index in [0.29, 0.717) is 18.2 Å². The van der Waals surface area contributed by atoms with Crippen molar-refractivity contribution in [1.82, 2.24) is 4.98 Å². The molecule has 14 heavy (non-hydrogen) atoms. The van der Waals surface area contributed by atoms with Crippen LogP contribution in [0, 0.1) is 0 Å². The zero-order chi connectivity index (χ0) is 9.80. The van der Waals surface area contributed by atoms with Crippen molar-refractivity contribution in [2.75, 3.05) is 5.73 Å². The maximum absolute atomic E-state index is 5.68. The second-order valence-electron chi connectivity index (χ2n) is 2.77. The molecule has 0 atom stereocenters. The summed E-state index contributed by atoms with van der Waals surface area (Å²) in [5.74, 6) is 0.501. The summed E-state index contributed by atoms with van der Waals surface area (Å²) >= 11 is 1.65. The Balaban J connectivity index is 2.02. The van der Waals surface area contributed by atoms with Crippen LogP contribution in [0.15, 0.2) is 35.8 Å². The van der Waals surface area contributed by atoms with E-state index in [1.165, 1.54) is 0 Å². The van der Waals surface area contributed by atoms with Gasteiger partial charge < -0.3 is 10.5 Å². The van der Waals surface area contributed by atoms with E-state index in [-0.39, 0.29) is 0 Å². The molecule has 0 aromatic carbocycles. The average molecular weight is 206 g/mol. The lowest BCUT2D eigenvalue weighted by molar-refractivity contribution is 0.299. The molecule has 0 aliphatic heterocycles. The van der Waals surface area contributed by atoms with Crippen molar-refractivity contribution in [3.8, 4) is 5.88 Å². The molecule has 2 heterocycles. The van der Waals surface area contributed by atoms with Gasteiger partial charge in [0.05, 0.1) is 5.69 Å². The van der Waals surface area contributed by atoms with E-state index in [9.17, 15) is 0 Å². The van der Waals surface area contributed by atoms with E-state index >= 15 is 0 Å². The van der Waals surface area contributed by atoms with Crippen molar-refractivity contribution in [2.24, 2.45) is 0 Å². The number of ether oxygens (including phenoxy) is 1. The smallest absolute Gasteiger partial charge is 0.237 e. The predicted molar refractivity (Wildman–Crippen MR) is 57.3 cm³/mol. The van der Waals surface area contributed by atoms with E-state index < -0.39 is 0 Å². The molecule has 4 heteroatoms. The number of hydrogen-bond donors (Lipinski definition) is 1. The van der Waals surface area contributed by atoms with Gasteiger partial charge in [0.15, 0.2) is 0 Å². The maximum atomic E-state index is 5.68. The van der Waals surface area contributed by atoms with E-state index in [4.69, 9.17) is 10.5 Å². The summed E-state index contributed by atoms with van der Waals surface area (Å²) in [6.45, 7) is 0.527. The molecule has 72 valence electrons. The van der Waals surface area contributed by atoms with Crippen LogP contribution in [0.25, 0.3) is 0 Å². The number of aromatic nitrogens is 1. The fourth-order valence-electron chi connectivity index (χ4n) is 1.06. The summed E-state index contributed by atoms with van der Waals surface area (Å²) in [6, 6.07) is 7.57. The van der Waals surface area contributed by atoms with Crippen molar-refractivity contribution < 1.29 is 4.74 Å². The number of rotatable bonds is 3. The van der Waals surface area contributed by atoms with Gasteiger partial charge in [0.1, 0.15) is 6.61 Å². The van der Waals surface area contributed by atoms with Crippen molar-refractivity contribution in [2.45, 2.75) is 6.61 Å². The normalized spacial score (nSPS) is 10.0. The molecule has 0 aliphatic rings. The predicted octanol–water partition coefficient (Wildman–Crippen LogP) is 2.30. The zero-order valence-corrected chi connectivity index (χ0v) is 8.33. The van der Waals surface area contributed by atoms with Crippen LogP contribution in [0.2, 0.25) is 0 Å². The molecular formula is C10H10N2OS. The lowest BCUT2D eigenvalue weighted by Crippen LogP contribution is -1.98. The number of hydrogen-bond acceptors (Lipinski definition) is 4. The summed E-state index contributed by atoms with van der Waals surface area (Å²) < 4.78 is 5.46. The Morgan fingerprint density at radius 3 is 3.00 bits per heavy atom. The monoisotopic (exact) mass is 206 g/mol. The number of nitrogens with zero attached hydrogens (tertiary/aromatic N) is 1. The van der Waals surface area contributed by atoms with Gasteiger partial charge in [-0.1, -0.05) is 6.07 Å². The summed E-state index contributed by atoms with van der Waals surface area (Å²) in [5, 5.41) is 2.01. The van der Waals surface area contributed by atoms with Crippen LogP contribution in [0.3, 0.4) is 0 Å². The highest BCUT2D eigenvalue weighted by Crippen LogP contribution is 2.18. The van der Waals surface area contributed by atoms with Crippen LogP contribution >= 0.6 is 11.3 Å². The number of nitrogen functional groups attached to an aromatic ring is 1. The third-order valence-corrected chi connectivity index (χ3v) is 2.58. The molecule has 0 saturated carbocycles. The lowest BCUT2D eigenvalue weighted by Gasteiger charge is -2.05. The van der Waals surface area contributed by atoms with Crippen LogP contribution in [-0.4, -0.2) is 4.98 Å². The molecule has 0 fully saturated rings. The minimum Gasteiger partial charge on any atom is -0.470 e. The van der Waals surface area contributed by atoms with Gasteiger partial charge in [-0.3, -0.25) is 0 Å². The largest absolute Gasteiger partial charge is 0.470 e. The topological polar surface area (TPSA) is 48.1 Å². The first kappa shape index (κ1) is 9.02. The van der Waals surface area contributed by atoms with Gasteiger partial charge >= 0.3 is 0 Å². The van der Waals surface area contributed by atoms with Gasteiger partial charge in [-0.2, -0.15) is 0 Å². The standard InChI is InChI=1S/C10H10N2OS/c11-9-4-1-5-12-10(9)13-7-8-3-2-6-14-8/h1-6H,7,11H2. The molecule has 0 aliphatic carbocycles. The molecule has 0 saturated heterocycles. The molecule has 2 aromatic rings. The molecule has 3 nitrogen and oxygen atoms in total. The summed E-state index contributed by atoms with van der Waals surface area (Å²) in [7, 11) is 0. The molecule has 0 spiro atoms. The Bertz CT molecular complexity index is 400. The van der Waals surface area contributed by atoms with E-state index in [0.717, 1.165) is 4.88 Å². The van der Waals surface area contributed by atoms with E-state index in [1.807, 2.05) is 17.5 Å². The molecule has 0 amide bonds. The minimum atomic E-state index is 0.501. The fourth-order valence-corrected chi connectivity index (χ4v) is 1.67. The molecule has 2 N–H and O–H groups in total. The van der Waals surface area contributed by atoms with Gasteiger partial charge in [-0.15, -0.1) is 11.3 Å². The number of nitrogens with two attached hydrogens (primary N) is 1. The van der Waals surface area contributed by atoms with Crippen molar-refractivity contribution in [3.63, 3.8) is 0 Å². The third kappa shape index (κ3) is 2.03. The van der Waals surface area contributed by atoms with Gasteiger partial charge in [-0.05, 0) is 23.6 Å². The van der Waals surface area contributed by atoms with Crippen LogP contribution < -0.4 is 10.5 Å². The number of pyridine rings is 1. The molecule has 2 rings (SSSR count). The highest BCUT2D eigenvalue weighted by molar-refractivity contribution is 7.09. The van der Waals surface area contributed by atoms with Crippen molar-refractivity contribution in [1.29, 1.82) is 0 Å². The quantitative estimate of drug-likeness (QED) is 0.838. The first-order chi connectivity index (χ1) is 6.86. The Hall–Kier alpha value is -1.55. The van der Waals surface area contributed by atoms with Gasteiger partial charge in [0, 0.05) is 11.1 Å². The SMILES string of the molecule is Nc1cccnc1OCc1cccs1. The Morgan fingerprint density at radius 2 is 2.29 bits per heavy atom. The second-order valence-corrected chi connectivity index (χ2v) is 3.80. The molecule has 0 radical (unpaired) electrons.